The van der Waals surface area contributed by atoms with Gasteiger partial charge in [-0.3, -0.25) is 9.59 Å². The Bertz CT molecular complexity index is 478. The SMILES string of the molecule is CC(=O)OC(OC(C)=O)c1ncc([N+](=O)[O-])n1C. The van der Waals surface area contributed by atoms with Gasteiger partial charge < -0.3 is 19.6 Å². The zero-order chi connectivity index (χ0) is 13.9. The molecule has 98 valence electrons. The lowest BCUT2D eigenvalue weighted by Gasteiger charge is -2.13. The lowest BCUT2D eigenvalue weighted by atomic mass is 10.5. The minimum atomic E-state index is -1.40. The molecule has 0 amide bonds. The van der Waals surface area contributed by atoms with Crippen molar-refractivity contribution in [2.45, 2.75) is 20.1 Å². The topological polar surface area (TPSA) is 114 Å². The third-order valence-electron chi connectivity index (χ3n) is 1.94. The van der Waals surface area contributed by atoms with E-state index in [0.717, 1.165) is 24.6 Å². The summed E-state index contributed by atoms with van der Waals surface area (Å²) < 4.78 is 10.5. The summed E-state index contributed by atoms with van der Waals surface area (Å²) in [6.07, 6.45) is -0.423. The van der Waals surface area contributed by atoms with Gasteiger partial charge in [0.05, 0.1) is 7.05 Å². The molecule has 1 aromatic rings. The molecule has 1 aromatic heterocycles. The summed E-state index contributed by atoms with van der Waals surface area (Å²) in [5.74, 6) is -1.76. The molecule has 0 N–H and O–H groups in total. The molecule has 0 aromatic carbocycles. The number of carbonyl (C=O) groups is 2. The number of rotatable bonds is 4. The standard InChI is InChI=1S/C9H11N3O6/c1-5(13)17-9(18-6(2)14)8-10-4-7(11(8)3)12(15)16/h4,9H,1-3H3. The first-order valence-electron chi connectivity index (χ1n) is 4.83. The van der Waals surface area contributed by atoms with Crippen LogP contribution < -0.4 is 0 Å². The quantitative estimate of drug-likeness (QED) is 0.333. The van der Waals surface area contributed by atoms with Crippen molar-refractivity contribution in [2.75, 3.05) is 0 Å². The molecule has 0 aliphatic rings. The second-order valence-corrected chi connectivity index (χ2v) is 3.34. The maximum Gasteiger partial charge on any atom is 0.342 e. The average Bonchev–Trinajstić information content (AvgIpc) is 2.57. The van der Waals surface area contributed by atoms with Gasteiger partial charge in [0.25, 0.3) is 5.82 Å². The van der Waals surface area contributed by atoms with Gasteiger partial charge in [0.15, 0.2) is 0 Å². The van der Waals surface area contributed by atoms with Crippen LogP contribution >= 0.6 is 0 Å². The highest BCUT2D eigenvalue weighted by atomic mass is 16.7. The molecule has 0 aliphatic carbocycles. The summed E-state index contributed by atoms with van der Waals surface area (Å²) >= 11 is 0. The Hall–Kier alpha value is -2.45. The Morgan fingerprint density at radius 2 is 1.89 bits per heavy atom. The van der Waals surface area contributed by atoms with E-state index in [-0.39, 0.29) is 11.6 Å². The number of nitrogens with zero attached hydrogens (tertiary/aromatic N) is 3. The molecule has 0 atom stereocenters. The van der Waals surface area contributed by atoms with Crippen LogP contribution in [0.2, 0.25) is 0 Å². The Morgan fingerprint density at radius 3 is 2.22 bits per heavy atom. The highest BCUT2D eigenvalue weighted by Crippen LogP contribution is 2.22. The third-order valence-corrected chi connectivity index (χ3v) is 1.94. The maximum absolute atomic E-state index is 10.9. The van der Waals surface area contributed by atoms with Crippen LogP contribution in [0, 0.1) is 10.1 Å². The molecule has 0 fully saturated rings. The normalized spacial score (nSPS) is 10.2. The molecule has 0 spiro atoms. The molecule has 9 heteroatoms. The number of imidazole rings is 1. The van der Waals surface area contributed by atoms with E-state index in [9.17, 15) is 19.7 Å². The fourth-order valence-corrected chi connectivity index (χ4v) is 1.23. The zero-order valence-electron chi connectivity index (χ0n) is 9.95. The van der Waals surface area contributed by atoms with Gasteiger partial charge in [-0.25, -0.2) is 9.55 Å². The van der Waals surface area contributed by atoms with Gasteiger partial charge in [0.1, 0.15) is 6.20 Å². The number of ether oxygens (including phenoxy) is 2. The Kier molecular flexibility index (Phi) is 3.97. The molecule has 0 saturated carbocycles. The van der Waals surface area contributed by atoms with Gasteiger partial charge in [-0.2, -0.15) is 0 Å². The van der Waals surface area contributed by atoms with Crippen molar-refractivity contribution in [2.24, 2.45) is 7.05 Å². The number of carbonyl (C=O) groups excluding carboxylic acids is 2. The van der Waals surface area contributed by atoms with E-state index in [2.05, 4.69) is 4.98 Å². The molecule has 1 heterocycles. The lowest BCUT2D eigenvalue weighted by molar-refractivity contribution is -0.392. The van der Waals surface area contributed by atoms with Crippen LogP contribution in [0.4, 0.5) is 5.82 Å². The average molecular weight is 257 g/mol. The van der Waals surface area contributed by atoms with Crippen LogP contribution in [0.1, 0.15) is 26.0 Å². The number of hydrogen-bond acceptors (Lipinski definition) is 7. The van der Waals surface area contributed by atoms with Crippen molar-refractivity contribution >= 4 is 17.8 Å². The molecule has 0 bridgehead atoms. The molecule has 9 nitrogen and oxygen atoms in total. The summed E-state index contributed by atoms with van der Waals surface area (Å²) in [6.45, 7) is 2.24. The second-order valence-electron chi connectivity index (χ2n) is 3.34. The fraction of sp³-hybridized carbons (Fsp3) is 0.444. The van der Waals surface area contributed by atoms with E-state index in [1.54, 1.807) is 0 Å². The molecule has 0 saturated heterocycles. The third kappa shape index (κ3) is 3.03. The van der Waals surface area contributed by atoms with Gasteiger partial charge in [-0.05, 0) is 4.92 Å². The summed E-state index contributed by atoms with van der Waals surface area (Å²) in [5, 5.41) is 10.6. The first-order valence-corrected chi connectivity index (χ1v) is 4.83. The Balaban J connectivity index is 3.08. The first kappa shape index (κ1) is 13.6. The van der Waals surface area contributed by atoms with Crippen LogP contribution in [-0.4, -0.2) is 26.4 Å². The molecule has 0 radical (unpaired) electrons. The minimum Gasteiger partial charge on any atom is -0.415 e. The molecule has 18 heavy (non-hydrogen) atoms. The molecule has 0 aliphatic heterocycles. The van der Waals surface area contributed by atoms with Crippen LogP contribution in [0.25, 0.3) is 0 Å². The molecule has 0 unspecified atom stereocenters. The summed E-state index contributed by atoms with van der Waals surface area (Å²) in [6, 6.07) is 0. The molecular formula is C9H11N3O6. The van der Waals surface area contributed by atoms with Crippen molar-refractivity contribution in [3.05, 3.63) is 22.1 Å². The van der Waals surface area contributed by atoms with Crippen molar-refractivity contribution in [1.82, 2.24) is 9.55 Å². The van der Waals surface area contributed by atoms with E-state index in [1.807, 2.05) is 0 Å². The van der Waals surface area contributed by atoms with Crippen LogP contribution in [0.15, 0.2) is 6.20 Å². The van der Waals surface area contributed by atoms with Gasteiger partial charge in [0.2, 0.25) is 0 Å². The van der Waals surface area contributed by atoms with Gasteiger partial charge in [0, 0.05) is 13.8 Å². The molecular weight excluding hydrogens is 246 g/mol. The van der Waals surface area contributed by atoms with Crippen LogP contribution in [0.5, 0.6) is 0 Å². The highest BCUT2D eigenvalue weighted by Gasteiger charge is 2.29. The number of nitro groups is 1. The van der Waals surface area contributed by atoms with E-state index >= 15 is 0 Å². The summed E-state index contributed by atoms with van der Waals surface area (Å²) in [7, 11) is 1.35. The van der Waals surface area contributed by atoms with Crippen LogP contribution in [0.3, 0.4) is 0 Å². The van der Waals surface area contributed by atoms with Gasteiger partial charge >= 0.3 is 24.0 Å². The monoisotopic (exact) mass is 257 g/mol. The number of esters is 2. The highest BCUT2D eigenvalue weighted by molar-refractivity contribution is 5.68. The van der Waals surface area contributed by atoms with Crippen molar-refractivity contribution < 1.29 is 24.0 Å². The lowest BCUT2D eigenvalue weighted by Crippen LogP contribution is -2.18. The Labute approximate surface area is 101 Å². The smallest absolute Gasteiger partial charge is 0.342 e. The van der Waals surface area contributed by atoms with Crippen LogP contribution in [-0.2, 0) is 26.1 Å². The minimum absolute atomic E-state index is 0.0490. The summed E-state index contributed by atoms with van der Waals surface area (Å²) in [5.41, 5.74) is 0. The van der Waals surface area contributed by atoms with Crippen molar-refractivity contribution in [3.8, 4) is 0 Å². The first-order chi connectivity index (χ1) is 8.32. The van der Waals surface area contributed by atoms with Gasteiger partial charge in [-0.1, -0.05) is 0 Å². The largest absolute Gasteiger partial charge is 0.415 e. The predicted octanol–water partition coefficient (Wildman–Crippen LogP) is 0.453. The second kappa shape index (κ2) is 5.25. The van der Waals surface area contributed by atoms with E-state index in [1.165, 1.54) is 7.05 Å². The number of aromatic nitrogens is 2. The zero-order valence-corrected chi connectivity index (χ0v) is 9.95. The van der Waals surface area contributed by atoms with Crippen molar-refractivity contribution in [1.29, 1.82) is 0 Å². The van der Waals surface area contributed by atoms with E-state index in [4.69, 9.17) is 9.47 Å². The number of hydrogen-bond donors (Lipinski definition) is 0. The Morgan fingerprint density at radius 1 is 1.39 bits per heavy atom. The maximum atomic E-state index is 10.9. The summed E-state index contributed by atoms with van der Waals surface area (Å²) in [4.78, 5) is 35.4. The van der Waals surface area contributed by atoms with E-state index in [0.29, 0.717) is 0 Å². The molecule has 1 rings (SSSR count). The van der Waals surface area contributed by atoms with E-state index < -0.39 is 23.2 Å². The van der Waals surface area contributed by atoms with Crippen molar-refractivity contribution in [3.63, 3.8) is 0 Å². The fourth-order valence-electron chi connectivity index (χ4n) is 1.23. The van der Waals surface area contributed by atoms with Gasteiger partial charge in [-0.15, -0.1) is 0 Å². The predicted molar refractivity (Wildman–Crippen MR) is 56.1 cm³/mol.